The number of piperidine rings is 1. The van der Waals surface area contributed by atoms with Crippen LogP contribution in [0.1, 0.15) is 30.5 Å². The lowest BCUT2D eigenvalue weighted by atomic mass is 9.97. The molecule has 1 saturated heterocycles. The number of rotatable bonds is 4. The van der Waals surface area contributed by atoms with E-state index in [-0.39, 0.29) is 0 Å². The molecule has 0 radical (unpaired) electrons. The molecule has 3 aromatic heterocycles. The monoisotopic (exact) mass is 311 g/mol. The maximum atomic E-state index is 5.79. The Kier molecular flexibility index (Phi) is 3.71. The number of nitrogens with zero attached hydrogens (tertiary/aromatic N) is 7. The number of pyridine rings is 1. The van der Waals surface area contributed by atoms with Crippen molar-refractivity contribution in [3.63, 3.8) is 0 Å². The molecule has 0 saturated carbocycles. The fourth-order valence-electron chi connectivity index (χ4n) is 2.85. The van der Waals surface area contributed by atoms with Crippen molar-refractivity contribution in [1.29, 1.82) is 0 Å². The summed E-state index contributed by atoms with van der Waals surface area (Å²) >= 11 is 0. The van der Waals surface area contributed by atoms with Crippen LogP contribution in [0.15, 0.2) is 41.2 Å². The molecule has 118 valence electrons. The summed E-state index contributed by atoms with van der Waals surface area (Å²) in [7, 11) is 0. The molecule has 0 unspecified atom stereocenters. The molecule has 1 aliphatic rings. The van der Waals surface area contributed by atoms with Gasteiger partial charge in [0, 0.05) is 31.4 Å². The van der Waals surface area contributed by atoms with E-state index in [0.717, 1.165) is 37.6 Å². The van der Waals surface area contributed by atoms with Crippen molar-refractivity contribution in [2.45, 2.75) is 25.3 Å². The van der Waals surface area contributed by atoms with Gasteiger partial charge < -0.3 is 9.32 Å². The Morgan fingerprint density at radius 2 is 2.04 bits per heavy atom. The minimum absolute atomic E-state index is 0.312. The predicted octanol–water partition coefficient (Wildman–Crippen LogP) is 1.49. The first-order valence-corrected chi connectivity index (χ1v) is 7.71. The molecule has 0 spiro atoms. The van der Waals surface area contributed by atoms with Gasteiger partial charge in [-0.3, -0.25) is 0 Å². The van der Waals surface area contributed by atoms with Gasteiger partial charge in [-0.25, -0.2) is 9.67 Å². The lowest BCUT2D eigenvalue weighted by Crippen LogP contribution is -2.33. The first kappa shape index (κ1) is 13.9. The third-order valence-corrected chi connectivity index (χ3v) is 4.07. The second kappa shape index (κ2) is 6.15. The Morgan fingerprint density at radius 1 is 1.13 bits per heavy atom. The van der Waals surface area contributed by atoms with E-state index in [4.69, 9.17) is 4.42 Å². The largest absolute Gasteiger partial charge is 0.423 e. The zero-order valence-electron chi connectivity index (χ0n) is 12.6. The normalized spacial score (nSPS) is 15.9. The molecule has 0 N–H and O–H groups in total. The van der Waals surface area contributed by atoms with Crippen LogP contribution in [-0.4, -0.2) is 43.3 Å². The van der Waals surface area contributed by atoms with Gasteiger partial charge in [0.2, 0.25) is 11.8 Å². The number of hydrogen-bond acceptors (Lipinski definition) is 7. The molecule has 0 aliphatic carbocycles. The summed E-state index contributed by atoms with van der Waals surface area (Å²) in [6.07, 6.45) is 7.21. The molecule has 23 heavy (non-hydrogen) atoms. The van der Waals surface area contributed by atoms with Gasteiger partial charge in [0.25, 0.3) is 0 Å². The summed E-state index contributed by atoms with van der Waals surface area (Å²) in [5.41, 5.74) is 0. The second-order valence-electron chi connectivity index (χ2n) is 5.58. The van der Waals surface area contributed by atoms with Crippen LogP contribution >= 0.6 is 0 Å². The Balaban J connectivity index is 1.38. The lowest BCUT2D eigenvalue weighted by molar-refractivity contribution is 0.367. The molecule has 8 nitrogen and oxygen atoms in total. The summed E-state index contributed by atoms with van der Waals surface area (Å²) in [4.78, 5) is 6.70. The van der Waals surface area contributed by atoms with E-state index in [0.29, 0.717) is 18.4 Å². The van der Waals surface area contributed by atoms with E-state index in [1.165, 1.54) is 0 Å². The summed E-state index contributed by atoms with van der Waals surface area (Å²) in [6.45, 7) is 2.35. The van der Waals surface area contributed by atoms with Crippen molar-refractivity contribution in [3.8, 4) is 0 Å². The van der Waals surface area contributed by atoms with Crippen molar-refractivity contribution in [2.24, 2.45) is 0 Å². The van der Waals surface area contributed by atoms with Crippen LogP contribution in [0.5, 0.6) is 0 Å². The Bertz CT molecular complexity index is 732. The Morgan fingerprint density at radius 3 is 2.78 bits per heavy atom. The van der Waals surface area contributed by atoms with E-state index >= 15 is 0 Å². The van der Waals surface area contributed by atoms with Gasteiger partial charge in [0.05, 0.1) is 6.20 Å². The van der Waals surface area contributed by atoms with Gasteiger partial charge in [-0.15, -0.1) is 15.3 Å². The molecule has 1 aliphatic heterocycles. The lowest BCUT2D eigenvalue weighted by Gasteiger charge is -2.31. The number of anilines is 1. The number of aromatic nitrogens is 6. The summed E-state index contributed by atoms with van der Waals surface area (Å²) in [5, 5.41) is 16.0. The highest BCUT2D eigenvalue weighted by atomic mass is 16.4. The third-order valence-electron chi connectivity index (χ3n) is 4.07. The maximum absolute atomic E-state index is 5.79. The summed E-state index contributed by atoms with van der Waals surface area (Å²) in [6, 6.07) is 6.00. The van der Waals surface area contributed by atoms with Crippen LogP contribution in [0.4, 0.5) is 5.82 Å². The first-order chi connectivity index (χ1) is 11.4. The zero-order chi connectivity index (χ0) is 15.5. The molecule has 0 aromatic carbocycles. The topological polar surface area (TPSA) is 85.8 Å². The smallest absolute Gasteiger partial charge is 0.238 e. The zero-order valence-corrected chi connectivity index (χ0v) is 12.6. The van der Waals surface area contributed by atoms with Gasteiger partial charge in [0.15, 0.2) is 0 Å². The molecule has 3 aromatic rings. The molecular formula is C15H17N7O. The highest BCUT2D eigenvalue weighted by molar-refractivity contribution is 5.38. The Hall–Kier alpha value is -2.77. The Labute approximate surface area is 133 Å². The highest BCUT2D eigenvalue weighted by Crippen LogP contribution is 2.28. The van der Waals surface area contributed by atoms with E-state index < -0.39 is 0 Å². The van der Waals surface area contributed by atoms with Gasteiger partial charge in [-0.05, 0) is 25.0 Å². The van der Waals surface area contributed by atoms with Crippen LogP contribution in [0.25, 0.3) is 0 Å². The van der Waals surface area contributed by atoms with Crippen molar-refractivity contribution in [1.82, 2.24) is 30.2 Å². The maximum Gasteiger partial charge on any atom is 0.238 e. The van der Waals surface area contributed by atoms with Crippen LogP contribution in [0.2, 0.25) is 0 Å². The number of hydrogen-bond donors (Lipinski definition) is 0. The second-order valence-corrected chi connectivity index (χ2v) is 5.58. The first-order valence-electron chi connectivity index (χ1n) is 7.71. The van der Waals surface area contributed by atoms with E-state index in [1.807, 2.05) is 24.4 Å². The third kappa shape index (κ3) is 3.05. The fourth-order valence-corrected chi connectivity index (χ4v) is 2.85. The molecule has 4 heterocycles. The summed E-state index contributed by atoms with van der Waals surface area (Å²) < 4.78 is 7.46. The molecule has 8 heteroatoms. The fraction of sp³-hybridized carbons (Fsp3) is 0.400. The van der Waals surface area contributed by atoms with Gasteiger partial charge >= 0.3 is 0 Å². The molecule has 0 amide bonds. The van der Waals surface area contributed by atoms with Gasteiger partial charge in [-0.2, -0.15) is 0 Å². The standard InChI is InChI=1S/C15H17N7O/c1-2-6-16-13(3-1)21-8-4-12(5-9-21)15-19-18-14(23-15)11-22-10-7-17-20-22/h1-3,6-7,10,12H,4-5,8-9,11H2. The van der Waals surface area contributed by atoms with Crippen molar-refractivity contribution < 1.29 is 4.42 Å². The minimum atomic E-state index is 0.312. The molecule has 4 rings (SSSR count). The minimum Gasteiger partial charge on any atom is -0.423 e. The van der Waals surface area contributed by atoms with Gasteiger partial charge in [0.1, 0.15) is 12.4 Å². The van der Waals surface area contributed by atoms with Crippen LogP contribution in [0.3, 0.4) is 0 Å². The van der Waals surface area contributed by atoms with Crippen LogP contribution in [-0.2, 0) is 6.54 Å². The van der Waals surface area contributed by atoms with E-state index in [9.17, 15) is 0 Å². The van der Waals surface area contributed by atoms with Gasteiger partial charge in [-0.1, -0.05) is 11.3 Å². The quantitative estimate of drug-likeness (QED) is 0.721. The van der Waals surface area contributed by atoms with Crippen molar-refractivity contribution in [3.05, 3.63) is 48.6 Å². The summed E-state index contributed by atoms with van der Waals surface area (Å²) in [5.74, 6) is 2.63. The average molecular weight is 311 g/mol. The highest BCUT2D eigenvalue weighted by Gasteiger charge is 2.25. The van der Waals surface area contributed by atoms with Crippen LogP contribution in [0, 0.1) is 0 Å². The van der Waals surface area contributed by atoms with E-state index in [2.05, 4.69) is 30.4 Å². The van der Waals surface area contributed by atoms with Crippen LogP contribution < -0.4 is 4.90 Å². The molecule has 0 atom stereocenters. The van der Waals surface area contributed by atoms with Crippen molar-refractivity contribution >= 4 is 5.82 Å². The van der Waals surface area contributed by atoms with E-state index in [1.54, 1.807) is 17.1 Å². The predicted molar refractivity (Wildman–Crippen MR) is 81.8 cm³/mol. The average Bonchev–Trinajstić information content (AvgIpc) is 3.28. The molecule has 1 fully saturated rings. The van der Waals surface area contributed by atoms with Crippen molar-refractivity contribution in [2.75, 3.05) is 18.0 Å². The molecular weight excluding hydrogens is 294 g/mol. The molecule has 0 bridgehead atoms. The SMILES string of the molecule is c1ccc(N2CCC(c3nnc(Cn4ccnn4)o3)CC2)nc1.